The van der Waals surface area contributed by atoms with Crippen LogP contribution in [0, 0.1) is 6.92 Å². The Bertz CT molecular complexity index is 1160. The first-order valence-corrected chi connectivity index (χ1v) is 11.3. The number of aliphatic hydroxyl groups is 1. The molecule has 2 aromatic heterocycles. The number of halogens is 1. The fourth-order valence-electron chi connectivity index (χ4n) is 3.35. The van der Waals surface area contributed by atoms with Crippen molar-refractivity contribution < 1.29 is 23.8 Å². The first-order valence-electron chi connectivity index (χ1n) is 9.49. The summed E-state index contributed by atoms with van der Waals surface area (Å²) in [6.45, 7) is 0.947. The van der Waals surface area contributed by atoms with Gasteiger partial charge in [-0.3, -0.25) is 9.59 Å². The summed E-state index contributed by atoms with van der Waals surface area (Å²) in [5.41, 5.74) is -0.898. The molecule has 0 unspecified atom stereocenters. The van der Waals surface area contributed by atoms with Gasteiger partial charge in [-0.05, 0) is 37.3 Å². The van der Waals surface area contributed by atoms with Crippen molar-refractivity contribution >= 4 is 45.7 Å². The molecule has 1 aromatic carbocycles. The van der Waals surface area contributed by atoms with Crippen molar-refractivity contribution in [2.45, 2.75) is 17.6 Å². The van der Waals surface area contributed by atoms with Gasteiger partial charge in [0, 0.05) is 10.3 Å². The number of hydrogen-bond acceptors (Lipinski definition) is 8. The first kappa shape index (κ1) is 21.7. The Kier molecular flexibility index (Phi) is 5.96. The van der Waals surface area contributed by atoms with Gasteiger partial charge in [-0.15, -0.1) is 11.3 Å². The number of aromatic nitrogens is 2. The molecule has 0 spiro atoms. The summed E-state index contributed by atoms with van der Waals surface area (Å²) < 4.78 is 20.3. The van der Waals surface area contributed by atoms with E-state index in [-0.39, 0.29) is 24.6 Å². The largest absolute Gasteiger partial charge is 0.497 e. The minimum absolute atomic E-state index is 0.108. The Labute approximate surface area is 186 Å². The molecule has 1 saturated heterocycles. The predicted octanol–water partition coefficient (Wildman–Crippen LogP) is 2.98. The van der Waals surface area contributed by atoms with E-state index in [0.717, 1.165) is 22.2 Å². The molecular formula is C21H20FN3O4S2. The Morgan fingerprint density at radius 2 is 2.06 bits per heavy atom. The zero-order chi connectivity index (χ0) is 22.2. The van der Waals surface area contributed by atoms with Crippen molar-refractivity contribution in [1.82, 2.24) is 14.9 Å². The number of aryl methyl sites for hydroxylation is 1. The molecule has 0 aliphatic carbocycles. The number of carbonyl (C=O) groups is 2. The number of alkyl halides is 1. The molecule has 1 N–H and O–H groups in total. The molecule has 31 heavy (non-hydrogen) atoms. The van der Waals surface area contributed by atoms with Crippen LogP contribution in [0.5, 0.6) is 5.75 Å². The quantitative estimate of drug-likeness (QED) is 0.328. The topological polar surface area (TPSA) is 92.6 Å². The highest BCUT2D eigenvalue weighted by atomic mass is 32.2. The van der Waals surface area contributed by atoms with Crippen molar-refractivity contribution in [2.75, 3.05) is 32.6 Å². The second kappa shape index (κ2) is 8.52. The molecule has 0 radical (unpaired) electrons. The third kappa shape index (κ3) is 4.28. The van der Waals surface area contributed by atoms with E-state index in [4.69, 9.17) is 9.84 Å². The van der Waals surface area contributed by atoms with Gasteiger partial charge in [0.25, 0.3) is 0 Å². The number of likely N-dealkylation sites (tertiary alicyclic amines) is 1. The molecule has 1 aliphatic rings. The third-order valence-electron chi connectivity index (χ3n) is 5.01. The van der Waals surface area contributed by atoms with Crippen LogP contribution in [-0.2, 0) is 10.5 Å². The molecule has 1 fully saturated rings. The Hall–Kier alpha value is -2.56. The number of ketones is 1. The number of benzene rings is 1. The van der Waals surface area contributed by atoms with E-state index in [0.29, 0.717) is 26.4 Å². The lowest BCUT2D eigenvalue weighted by Crippen LogP contribution is -2.59. The van der Waals surface area contributed by atoms with Crippen LogP contribution in [0.1, 0.15) is 20.4 Å². The number of ether oxygens (including phenoxy) is 1. The standard InChI is InChI=1S/C21H20FN3O4S2/c1-12-23-15-4-3-13(29-2)7-14(15)20(24-12)30-9-16(27)17-5-6-18(31-17)21(22)10-25(11-21)19(28)8-26/h3-7,26H,8-11H2,1-2H3. The van der Waals surface area contributed by atoms with Crippen molar-refractivity contribution in [3.63, 3.8) is 0 Å². The number of amides is 1. The first-order chi connectivity index (χ1) is 14.8. The summed E-state index contributed by atoms with van der Waals surface area (Å²) >= 11 is 2.41. The fraction of sp³-hybridized carbons (Fsp3) is 0.333. The van der Waals surface area contributed by atoms with Crippen LogP contribution in [0.25, 0.3) is 10.9 Å². The number of carbonyl (C=O) groups excluding carboxylic acids is 2. The third-order valence-corrected chi connectivity index (χ3v) is 7.31. The summed E-state index contributed by atoms with van der Waals surface area (Å²) in [5, 5.41) is 10.4. The molecule has 0 bridgehead atoms. The summed E-state index contributed by atoms with van der Waals surface area (Å²) in [6, 6.07) is 8.73. The molecule has 3 heterocycles. The molecule has 7 nitrogen and oxygen atoms in total. The van der Waals surface area contributed by atoms with Gasteiger partial charge in [0.1, 0.15) is 23.2 Å². The van der Waals surface area contributed by atoms with Gasteiger partial charge < -0.3 is 14.7 Å². The van der Waals surface area contributed by atoms with Crippen molar-refractivity contribution in [3.05, 3.63) is 45.9 Å². The monoisotopic (exact) mass is 461 g/mol. The zero-order valence-corrected chi connectivity index (χ0v) is 18.6. The van der Waals surface area contributed by atoms with Gasteiger partial charge in [0.05, 0.1) is 36.3 Å². The molecule has 162 valence electrons. The van der Waals surface area contributed by atoms with Crippen molar-refractivity contribution in [1.29, 1.82) is 0 Å². The Balaban J connectivity index is 1.46. The highest BCUT2D eigenvalue weighted by Gasteiger charge is 2.48. The molecule has 10 heteroatoms. The van der Waals surface area contributed by atoms with E-state index in [9.17, 15) is 14.0 Å². The van der Waals surface area contributed by atoms with Crippen LogP contribution in [0.4, 0.5) is 4.39 Å². The number of Topliss-reactive ketones (excluding diaryl/α,β-unsaturated/α-hetero) is 1. The van der Waals surface area contributed by atoms with Crippen LogP contribution in [-0.4, -0.2) is 64.2 Å². The van der Waals surface area contributed by atoms with Gasteiger partial charge in [-0.25, -0.2) is 14.4 Å². The van der Waals surface area contributed by atoms with Crippen LogP contribution in [0.2, 0.25) is 0 Å². The van der Waals surface area contributed by atoms with Crippen LogP contribution in [0.15, 0.2) is 35.4 Å². The number of thioether (sulfide) groups is 1. The molecule has 0 atom stereocenters. The number of fused-ring (bicyclic) bond motifs is 1. The maximum atomic E-state index is 15.0. The predicted molar refractivity (Wildman–Crippen MR) is 117 cm³/mol. The van der Waals surface area contributed by atoms with Crippen molar-refractivity contribution in [3.8, 4) is 5.75 Å². The number of nitrogens with zero attached hydrogens (tertiary/aromatic N) is 3. The van der Waals surface area contributed by atoms with Gasteiger partial charge in [0.15, 0.2) is 11.5 Å². The smallest absolute Gasteiger partial charge is 0.248 e. The van der Waals surface area contributed by atoms with E-state index < -0.39 is 18.2 Å². The zero-order valence-electron chi connectivity index (χ0n) is 16.9. The average molecular weight is 462 g/mol. The van der Waals surface area contributed by atoms with Gasteiger partial charge in [-0.1, -0.05) is 11.8 Å². The minimum atomic E-state index is -1.67. The number of thiophene rings is 1. The number of methoxy groups -OCH3 is 1. The van der Waals surface area contributed by atoms with E-state index in [1.165, 1.54) is 16.7 Å². The van der Waals surface area contributed by atoms with Gasteiger partial charge >= 0.3 is 0 Å². The molecule has 0 saturated carbocycles. The number of hydrogen-bond donors (Lipinski definition) is 1. The summed E-state index contributed by atoms with van der Waals surface area (Å²) in [4.78, 5) is 35.2. The molecule has 3 aromatic rings. The maximum absolute atomic E-state index is 15.0. The van der Waals surface area contributed by atoms with E-state index in [2.05, 4.69) is 9.97 Å². The fourth-order valence-corrected chi connectivity index (χ4v) is 5.39. The van der Waals surface area contributed by atoms with E-state index in [1.807, 2.05) is 18.2 Å². The maximum Gasteiger partial charge on any atom is 0.248 e. The Morgan fingerprint density at radius 3 is 2.77 bits per heavy atom. The SMILES string of the molecule is COc1ccc2nc(C)nc(SCC(=O)c3ccc(C4(F)CN(C(=O)CO)C4)s3)c2c1. The summed E-state index contributed by atoms with van der Waals surface area (Å²) in [5.74, 6) is 0.814. The lowest BCUT2D eigenvalue weighted by Gasteiger charge is -2.43. The normalized spacial score (nSPS) is 15.0. The van der Waals surface area contributed by atoms with E-state index >= 15 is 0 Å². The molecule has 1 amide bonds. The highest BCUT2D eigenvalue weighted by Crippen LogP contribution is 2.40. The number of aliphatic hydroxyl groups excluding tert-OH is 1. The number of rotatable bonds is 7. The van der Waals surface area contributed by atoms with Crippen LogP contribution < -0.4 is 4.74 Å². The van der Waals surface area contributed by atoms with Crippen LogP contribution >= 0.6 is 23.1 Å². The van der Waals surface area contributed by atoms with Gasteiger partial charge in [-0.2, -0.15) is 0 Å². The highest BCUT2D eigenvalue weighted by molar-refractivity contribution is 8.00. The van der Waals surface area contributed by atoms with E-state index in [1.54, 1.807) is 26.2 Å². The van der Waals surface area contributed by atoms with Gasteiger partial charge in [0.2, 0.25) is 5.91 Å². The second-order valence-corrected chi connectivity index (χ2v) is 9.26. The lowest BCUT2D eigenvalue weighted by atomic mass is 9.94. The minimum Gasteiger partial charge on any atom is -0.497 e. The summed E-state index contributed by atoms with van der Waals surface area (Å²) in [7, 11) is 1.58. The lowest BCUT2D eigenvalue weighted by molar-refractivity contribution is -0.148. The molecular weight excluding hydrogens is 441 g/mol. The van der Waals surface area contributed by atoms with Crippen molar-refractivity contribution in [2.24, 2.45) is 0 Å². The molecule has 4 rings (SSSR count). The van der Waals surface area contributed by atoms with Crippen LogP contribution in [0.3, 0.4) is 0 Å². The summed E-state index contributed by atoms with van der Waals surface area (Å²) in [6.07, 6.45) is 0. The Morgan fingerprint density at radius 1 is 1.29 bits per heavy atom. The second-order valence-electron chi connectivity index (χ2n) is 7.21. The molecule has 1 aliphatic heterocycles. The average Bonchev–Trinajstić information content (AvgIpc) is 3.25.